The van der Waals surface area contributed by atoms with Gasteiger partial charge in [0.05, 0.1) is 11.8 Å². The van der Waals surface area contributed by atoms with Crippen LogP contribution in [-0.4, -0.2) is 44.3 Å². The molecule has 132 valence electrons. The van der Waals surface area contributed by atoms with Crippen LogP contribution < -0.4 is 5.73 Å². The highest BCUT2D eigenvalue weighted by Crippen LogP contribution is 2.19. The van der Waals surface area contributed by atoms with Gasteiger partial charge in [0.1, 0.15) is 9.84 Å². The van der Waals surface area contributed by atoms with Crippen LogP contribution in [0.5, 0.6) is 0 Å². The second-order valence-corrected chi connectivity index (χ2v) is 8.12. The Bertz CT molecular complexity index is 803. The molecule has 0 saturated carbocycles. The molecule has 0 radical (unpaired) electrons. The molecule has 24 heavy (non-hydrogen) atoms. The Kier molecular flexibility index (Phi) is 7.20. The van der Waals surface area contributed by atoms with Gasteiger partial charge in [-0.3, -0.25) is 4.79 Å². The summed E-state index contributed by atoms with van der Waals surface area (Å²) < 4.78 is 22.4. The number of fused-ring (bicyclic) bond motifs is 1. The van der Waals surface area contributed by atoms with E-state index in [1.54, 1.807) is 11.9 Å². The average Bonchev–Trinajstić information content (AvgIpc) is 2.51. The summed E-state index contributed by atoms with van der Waals surface area (Å²) in [5.41, 5.74) is 6.87. The zero-order valence-corrected chi connectivity index (χ0v) is 15.4. The summed E-state index contributed by atoms with van der Waals surface area (Å²) in [5.74, 6) is -0.330. The lowest BCUT2D eigenvalue weighted by Gasteiger charge is -2.22. The number of sulfone groups is 1. The second-order valence-electron chi connectivity index (χ2n) is 5.86. The zero-order chi connectivity index (χ0) is 17.0. The van der Waals surface area contributed by atoms with Crippen LogP contribution in [0.15, 0.2) is 42.5 Å². The molecular weight excluding hydrogens is 348 g/mol. The number of hydrogen-bond acceptors (Lipinski definition) is 4. The van der Waals surface area contributed by atoms with Crippen LogP contribution in [0, 0.1) is 0 Å². The largest absolute Gasteiger partial charge is 0.340 e. The highest BCUT2D eigenvalue weighted by atomic mass is 35.5. The summed E-state index contributed by atoms with van der Waals surface area (Å²) in [6.45, 7) is 0.437. The van der Waals surface area contributed by atoms with E-state index in [1.165, 1.54) is 0 Å². The minimum Gasteiger partial charge on any atom is -0.340 e. The summed E-state index contributed by atoms with van der Waals surface area (Å²) in [6.07, 6.45) is 1.28. The van der Waals surface area contributed by atoms with Crippen LogP contribution in [0.2, 0.25) is 0 Å². The van der Waals surface area contributed by atoms with Gasteiger partial charge >= 0.3 is 0 Å². The van der Waals surface area contributed by atoms with E-state index in [-0.39, 0.29) is 30.5 Å². The standard InChI is InChI=1S/C17H22N2O3S.ClH/c1-19(17(20)16(18)10-11-23(2,21)22)12-14-8-5-7-13-6-3-4-9-15(13)14;/h3-9,16H,10-12,18H2,1-2H3;1H. The molecule has 1 atom stereocenters. The number of nitrogens with zero attached hydrogens (tertiary/aromatic N) is 1. The van der Waals surface area contributed by atoms with Crippen molar-refractivity contribution in [2.75, 3.05) is 19.1 Å². The molecule has 2 aromatic rings. The average molecular weight is 371 g/mol. The summed E-state index contributed by atoms with van der Waals surface area (Å²) >= 11 is 0. The Morgan fingerprint density at radius 2 is 1.79 bits per heavy atom. The van der Waals surface area contributed by atoms with Crippen molar-refractivity contribution in [2.45, 2.75) is 19.0 Å². The molecule has 7 heteroatoms. The number of carbonyl (C=O) groups excluding carboxylic acids is 1. The van der Waals surface area contributed by atoms with Crippen molar-refractivity contribution in [1.29, 1.82) is 0 Å². The molecule has 0 fully saturated rings. The van der Waals surface area contributed by atoms with Crippen molar-refractivity contribution in [3.63, 3.8) is 0 Å². The molecule has 1 unspecified atom stereocenters. The van der Waals surface area contributed by atoms with E-state index in [9.17, 15) is 13.2 Å². The molecule has 1 amide bonds. The first-order valence-corrected chi connectivity index (χ1v) is 9.49. The smallest absolute Gasteiger partial charge is 0.239 e. The van der Waals surface area contributed by atoms with Crippen LogP contribution in [-0.2, 0) is 21.2 Å². The Morgan fingerprint density at radius 1 is 1.17 bits per heavy atom. The monoisotopic (exact) mass is 370 g/mol. The molecule has 0 aliphatic rings. The number of nitrogens with two attached hydrogens (primary N) is 1. The lowest BCUT2D eigenvalue weighted by Crippen LogP contribution is -2.42. The molecule has 0 heterocycles. The van der Waals surface area contributed by atoms with Crippen LogP contribution in [0.25, 0.3) is 10.8 Å². The topological polar surface area (TPSA) is 80.5 Å². The van der Waals surface area contributed by atoms with Crippen LogP contribution in [0.4, 0.5) is 0 Å². The quantitative estimate of drug-likeness (QED) is 0.843. The van der Waals surface area contributed by atoms with Gasteiger partial charge in [-0.25, -0.2) is 8.42 Å². The maximum Gasteiger partial charge on any atom is 0.239 e. The minimum absolute atomic E-state index is 0. The molecule has 0 aromatic heterocycles. The molecule has 0 spiro atoms. The van der Waals surface area contributed by atoms with Gasteiger partial charge in [-0.1, -0.05) is 42.5 Å². The van der Waals surface area contributed by atoms with E-state index in [0.717, 1.165) is 22.6 Å². The van der Waals surface area contributed by atoms with Crippen LogP contribution in [0.1, 0.15) is 12.0 Å². The summed E-state index contributed by atoms with van der Waals surface area (Å²) in [4.78, 5) is 13.9. The Labute approximate surface area is 149 Å². The number of rotatable bonds is 6. The van der Waals surface area contributed by atoms with Crippen molar-refractivity contribution in [3.8, 4) is 0 Å². The third-order valence-electron chi connectivity index (χ3n) is 3.78. The van der Waals surface area contributed by atoms with E-state index >= 15 is 0 Å². The molecule has 0 bridgehead atoms. The highest BCUT2D eigenvalue weighted by molar-refractivity contribution is 7.90. The molecule has 0 saturated heterocycles. The third-order valence-corrected chi connectivity index (χ3v) is 4.76. The second kappa shape index (κ2) is 8.46. The number of halogens is 1. The first-order valence-electron chi connectivity index (χ1n) is 7.43. The van der Waals surface area contributed by atoms with E-state index in [2.05, 4.69) is 0 Å². The third kappa shape index (κ3) is 5.47. The number of amides is 1. The molecule has 0 aliphatic carbocycles. The minimum atomic E-state index is -3.12. The molecular formula is C17H23ClN2O3S. The van der Waals surface area contributed by atoms with Crippen LogP contribution >= 0.6 is 12.4 Å². The first kappa shape index (κ1) is 20.4. The predicted octanol–water partition coefficient (Wildman–Crippen LogP) is 1.98. The number of benzene rings is 2. The lowest BCUT2D eigenvalue weighted by molar-refractivity contribution is -0.131. The predicted molar refractivity (Wildman–Crippen MR) is 100.0 cm³/mol. The van der Waals surface area contributed by atoms with Gasteiger partial charge in [0.2, 0.25) is 5.91 Å². The number of hydrogen-bond donors (Lipinski definition) is 1. The molecule has 0 aliphatic heterocycles. The Morgan fingerprint density at radius 3 is 2.46 bits per heavy atom. The number of carbonyl (C=O) groups is 1. The van der Waals surface area contributed by atoms with Crippen molar-refractivity contribution >= 4 is 38.9 Å². The van der Waals surface area contributed by atoms with Crippen molar-refractivity contribution in [2.24, 2.45) is 5.73 Å². The summed E-state index contributed by atoms with van der Waals surface area (Å²) in [7, 11) is -1.43. The molecule has 5 nitrogen and oxygen atoms in total. The molecule has 2 aromatic carbocycles. The van der Waals surface area contributed by atoms with Gasteiger partial charge in [-0.05, 0) is 22.8 Å². The Hall–Kier alpha value is -1.63. The zero-order valence-electron chi connectivity index (χ0n) is 13.8. The highest BCUT2D eigenvalue weighted by Gasteiger charge is 2.20. The SMILES string of the molecule is CN(Cc1cccc2ccccc12)C(=O)C(N)CCS(C)(=O)=O.Cl. The van der Waals surface area contributed by atoms with Gasteiger partial charge in [0, 0.05) is 19.8 Å². The van der Waals surface area contributed by atoms with Gasteiger partial charge in [0.15, 0.2) is 0 Å². The fraction of sp³-hybridized carbons (Fsp3) is 0.353. The van der Waals surface area contributed by atoms with Gasteiger partial charge in [-0.15, -0.1) is 12.4 Å². The van der Waals surface area contributed by atoms with Crippen molar-refractivity contribution in [1.82, 2.24) is 4.90 Å². The van der Waals surface area contributed by atoms with E-state index in [0.29, 0.717) is 6.54 Å². The van der Waals surface area contributed by atoms with Crippen LogP contribution in [0.3, 0.4) is 0 Å². The fourth-order valence-electron chi connectivity index (χ4n) is 2.51. The molecule has 2 N–H and O–H groups in total. The Balaban J connectivity index is 0.00000288. The fourth-order valence-corrected chi connectivity index (χ4v) is 3.19. The van der Waals surface area contributed by atoms with Gasteiger partial charge in [-0.2, -0.15) is 0 Å². The van der Waals surface area contributed by atoms with Gasteiger partial charge in [0.25, 0.3) is 0 Å². The molecule has 2 rings (SSSR count). The summed E-state index contributed by atoms with van der Waals surface area (Å²) in [6, 6.07) is 13.1. The van der Waals surface area contributed by atoms with E-state index in [4.69, 9.17) is 5.73 Å². The van der Waals surface area contributed by atoms with E-state index in [1.807, 2.05) is 42.5 Å². The summed E-state index contributed by atoms with van der Waals surface area (Å²) in [5, 5.41) is 2.21. The van der Waals surface area contributed by atoms with E-state index < -0.39 is 15.9 Å². The maximum absolute atomic E-state index is 12.3. The van der Waals surface area contributed by atoms with Crippen molar-refractivity contribution in [3.05, 3.63) is 48.0 Å². The first-order chi connectivity index (χ1) is 10.8. The normalized spacial score (nSPS) is 12.5. The maximum atomic E-state index is 12.3. The number of likely N-dealkylation sites (N-methyl/N-ethyl adjacent to an activating group) is 1. The van der Waals surface area contributed by atoms with Crippen molar-refractivity contribution < 1.29 is 13.2 Å². The van der Waals surface area contributed by atoms with Gasteiger partial charge < -0.3 is 10.6 Å². The lowest BCUT2D eigenvalue weighted by atomic mass is 10.0.